The van der Waals surface area contributed by atoms with Gasteiger partial charge in [-0.05, 0) is 0 Å². The third kappa shape index (κ3) is 8.31. The molecule has 2 N–H and O–H groups in total. The van der Waals surface area contributed by atoms with Crippen molar-refractivity contribution in [2.45, 2.75) is 17.3 Å². The van der Waals surface area contributed by atoms with E-state index in [2.05, 4.69) is 36.4 Å². The maximum Gasteiger partial charge on any atom is 0.281 e. The molecular formula is C13H13MnO7. The molecule has 0 saturated heterocycles. The first-order valence-corrected chi connectivity index (χ1v) is 5.72. The van der Waals surface area contributed by atoms with Crippen LogP contribution in [0.4, 0.5) is 0 Å². The van der Waals surface area contributed by atoms with Crippen molar-refractivity contribution in [1.82, 2.24) is 0 Å². The topological polar surface area (TPSA) is 118 Å². The first-order valence-electron chi connectivity index (χ1n) is 5.13. The number of carbonyl (C=O) groups excluding carboxylic acids is 4. The predicted octanol–water partition coefficient (Wildman–Crippen LogP) is -1.09. The van der Waals surface area contributed by atoms with E-state index in [1.165, 1.54) is 0 Å². The minimum atomic E-state index is -1.03. The zero-order valence-electron chi connectivity index (χ0n) is 11.0. The van der Waals surface area contributed by atoms with Crippen LogP contribution in [0.15, 0.2) is 23.8 Å². The average molecular weight is 336 g/mol. The van der Waals surface area contributed by atoms with E-state index in [0.717, 1.165) is 5.57 Å². The van der Waals surface area contributed by atoms with E-state index in [4.69, 9.17) is 29.3 Å². The monoisotopic (exact) mass is 336 g/mol. The number of allylic oxidation sites excluding steroid dienone is 2. The number of rotatable bonds is 4. The molecule has 1 rings (SSSR count). The summed E-state index contributed by atoms with van der Waals surface area (Å²) in [5.74, 6) is -0.488. The second kappa shape index (κ2) is 14.8. The largest absolute Gasteiger partial charge is 0.281 e. The van der Waals surface area contributed by atoms with Crippen molar-refractivity contribution in [3.63, 3.8) is 0 Å². The molecule has 7 nitrogen and oxygen atoms in total. The van der Waals surface area contributed by atoms with E-state index in [0.29, 0.717) is 0 Å². The third-order valence-electron chi connectivity index (χ3n) is 2.16. The summed E-state index contributed by atoms with van der Waals surface area (Å²) < 4.78 is 3.95. The smallest absolute Gasteiger partial charge is 0.281 e. The number of aliphatic hydroxyl groups is 2. The predicted molar refractivity (Wildman–Crippen MR) is 66.7 cm³/mol. The zero-order valence-corrected chi connectivity index (χ0v) is 12.2. The molecule has 21 heavy (non-hydrogen) atoms. The van der Waals surface area contributed by atoms with Crippen LogP contribution >= 0.6 is 0 Å². The molecular weight excluding hydrogens is 323 g/mol. The van der Waals surface area contributed by atoms with Crippen LogP contribution in [-0.2, 0) is 39.9 Å². The summed E-state index contributed by atoms with van der Waals surface area (Å²) in [5.41, 5.74) is 0.825. The van der Waals surface area contributed by atoms with Gasteiger partial charge < -0.3 is 0 Å². The first kappa shape index (κ1) is 24.4. The van der Waals surface area contributed by atoms with E-state index >= 15 is 0 Å². The van der Waals surface area contributed by atoms with Gasteiger partial charge in [0.15, 0.2) is 0 Å². The minimum absolute atomic E-state index is 0.205. The van der Waals surface area contributed by atoms with E-state index in [-0.39, 0.29) is 6.61 Å². The fourth-order valence-electron chi connectivity index (χ4n) is 1.14. The standard InChI is InChI=1S/C10H13O4.3CO.Mn/c1-7-3-2-4-9(7)10(13)14-6-8(12)5-11;3*1-2;/h2-4,8,11-12H,5-6H2,1H3;;;;. The summed E-state index contributed by atoms with van der Waals surface area (Å²) >= 11 is 3.27. The van der Waals surface area contributed by atoms with Gasteiger partial charge in [0.25, 0.3) is 20.4 Å². The minimum Gasteiger partial charge on any atom is -0.281 e. The molecule has 2 atom stereocenters. The Kier molecular flexibility index (Phi) is 17.2. The van der Waals surface area contributed by atoms with Crippen LogP contribution in [0.3, 0.4) is 0 Å². The van der Waals surface area contributed by atoms with Gasteiger partial charge in [-0.1, -0.05) is 0 Å². The van der Waals surface area contributed by atoms with Crippen molar-refractivity contribution in [3.8, 4) is 0 Å². The molecule has 0 spiro atoms. The Labute approximate surface area is 131 Å². The molecule has 8 heteroatoms. The molecule has 0 saturated carbocycles. The summed E-state index contributed by atoms with van der Waals surface area (Å²) in [4.78, 5) is 34.1. The van der Waals surface area contributed by atoms with Crippen molar-refractivity contribution in [2.75, 3.05) is 13.2 Å². The molecule has 2 unspecified atom stereocenters. The summed E-state index contributed by atoms with van der Waals surface area (Å²) in [6, 6.07) is 0. The van der Waals surface area contributed by atoms with Crippen LogP contribution in [0.25, 0.3) is 0 Å². The van der Waals surface area contributed by atoms with Crippen molar-refractivity contribution >= 4 is 26.3 Å². The zero-order chi connectivity index (χ0) is 17.5. The van der Waals surface area contributed by atoms with Crippen molar-refractivity contribution in [1.29, 1.82) is 0 Å². The number of hydrogen-bond donors (Lipinski definition) is 2. The van der Waals surface area contributed by atoms with Gasteiger partial charge >= 0.3 is 96.1 Å². The molecule has 0 bridgehead atoms. The Bertz CT molecular complexity index is 352. The maximum absolute atomic E-state index is 11.6. The van der Waals surface area contributed by atoms with Gasteiger partial charge in [0.1, 0.15) is 0 Å². The molecule has 0 aromatic rings. The van der Waals surface area contributed by atoms with Crippen molar-refractivity contribution in [2.24, 2.45) is 0 Å². The van der Waals surface area contributed by atoms with Gasteiger partial charge in [0, 0.05) is 0 Å². The summed E-state index contributed by atoms with van der Waals surface area (Å²) in [7, 11) is 0. The van der Waals surface area contributed by atoms with Gasteiger partial charge in [0.2, 0.25) is 0 Å². The van der Waals surface area contributed by atoms with E-state index < -0.39 is 23.0 Å². The Morgan fingerprint density at radius 1 is 1.33 bits per heavy atom. The second-order valence-electron chi connectivity index (χ2n) is 3.36. The first-order chi connectivity index (χ1) is 10.0. The van der Waals surface area contributed by atoms with E-state index in [1.807, 2.05) is 0 Å². The number of carbonyl (C=O) groups is 1. The summed E-state index contributed by atoms with van der Waals surface area (Å²) in [6.07, 6.45) is 4.21. The molecule has 0 amide bonds. The number of ether oxygens (including phenoxy) is 1. The molecule has 0 heterocycles. The van der Waals surface area contributed by atoms with Gasteiger partial charge in [-0.25, -0.2) is 0 Å². The second-order valence-corrected chi connectivity index (χ2v) is 4.29. The fraction of sp³-hybridized carbons (Fsp3) is 0.385. The molecule has 114 valence electrons. The molecule has 0 aromatic carbocycles. The number of aliphatic hydroxyl groups excluding tert-OH is 2. The number of esters is 1. The quantitative estimate of drug-likeness (QED) is 0.495. The number of hydrogen-bond acceptors (Lipinski definition) is 7. The van der Waals surface area contributed by atoms with Gasteiger partial charge in [-0.2, -0.15) is 0 Å². The Hall–Kier alpha value is -1.60. The molecule has 1 aliphatic carbocycles. The Balaban J connectivity index is -0.000000478. The van der Waals surface area contributed by atoms with E-state index in [1.54, 1.807) is 25.2 Å². The Morgan fingerprint density at radius 2 is 1.81 bits per heavy atom. The van der Waals surface area contributed by atoms with Crippen molar-refractivity contribution in [3.05, 3.63) is 23.8 Å². The normalized spacial score (nSPS) is 19.3. The van der Waals surface area contributed by atoms with Gasteiger partial charge in [0.05, 0.1) is 0 Å². The SMILES string of the molecule is CC1=CC=C[C]1([Mn])C(=O)OCC(O)CO.[C]=O.[C]=O.[C]=O. The van der Waals surface area contributed by atoms with Crippen LogP contribution in [0.1, 0.15) is 6.92 Å². The van der Waals surface area contributed by atoms with Gasteiger partial charge in [-0.3, -0.25) is 14.4 Å². The van der Waals surface area contributed by atoms with Crippen LogP contribution in [0, 0.1) is 0 Å². The van der Waals surface area contributed by atoms with Crippen LogP contribution in [0.2, 0.25) is 4.31 Å². The van der Waals surface area contributed by atoms with Gasteiger partial charge in [-0.15, -0.1) is 0 Å². The summed E-state index contributed by atoms with van der Waals surface area (Å²) in [5, 5.41) is 17.6. The molecule has 1 aliphatic rings. The molecule has 0 aromatic heterocycles. The van der Waals surface area contributed by atoms with Crippen molar-refractivity contribution < 1.29 is 50.1 Å². The fourth-order valence-corrected chi connectivity index (χ4v) is 1.43. The summed E-state index contributed by atoms with van der Waals surface area (Å²) in [6.45, 7) is 14.7. The molecule has 0 fully saturated rings. The molecule has 6 radical (unpaired) electrons. The van der Waals surface area contributed by atoms with Crippen LogP contribution in [-0.4, -0.2) is 55.9 Å². The third-order valence-corrected chi connectivity index (χ3v) is 3.06. The van der Waals surface area contributed by atoms with E-state index in [9.17, 15) is 4.79 Å². The van der Waals surface area contributed by atoms with Crippen LogP contribution in [0.5, 0.6) is 0 Å². The van der Waals surface area contributed by atoms with Crippen LogP contribution < -0.4 is 0 Å². The maximum atomic E-state index is 11.6. The molecule has 0 aliphatic heterocycles. The Morgan fingerprint density at radius 3 is 2.14 bits per heavy atom. The average Bonchev–Trinajstić information content (AvgIpc) is 2.91.